The summed E-state index contributed by atoms with van der Waals surface area (Å²) in [5.41, 5.74) is -0.607. The Kier molecular flexibility index (Phi) is 4.06. The molecule has 2 bridgehead atoms. The van der Waals surface area contributed by atoms with Crippen LogP contribution in [0.1, 0.15) is 78.6 Å². The normalized spacial score (nSPS) is 34.9. The summed E-state index contributed by atoms with van der Waals surface area (Å²) in [6, 6.07) is 0. The molecule has 2 heterocycles. The van der Waals surface area contributed by atoms with Crippen LogP contribution >= 0.6 is 0 Å². The molecule has 3 unspecified atom stereocenters. The van der Waals surface area contributed by atoms with Crippen LogP contribution in [-0.2, 0) is 14.3 Å². The maximum atomic E-state index is 12.7. The summed E-state index contributed by atoms with van der Waals surface area (Å²) >= 11 is 0. The molecule has 2 saturated heterocycles. The number of esters is 1. The van der Waals surface area contributed by atoms with Gasteiger partial charge in [-0.15, -0.1) is 0 Å². The van der Waals surface area contributed by atoms with Crippen LogP contribution in [0.15, 0.2) is 0 Å². The first-order valence-corrected chi connectivity index (χ1v) is 8.86. The van der Waals surface area contributed by atoms with E-state index in [2.05, 4.69) is 6.92 Å². The summed E-state index contributed by atoms with van der Waals surface area (Å²) in [5.74, 6) is 0.433. The van der Waals surface area contributed by atoms with Crippen LogP contribution in [0.25, 0.3) is 0 Å². The van der Waals surface area contributed by atoms with Crippen LogP contribution in [-0.4, -0.2) is 23.8 Å². The zero-order chi connectivity index (χ0) is 15.1. The molecule has 3 fully saturated rings. The van der Waals surface area contributed by atoms with Crippen molar-refractivity contribution < 1.29 is 14.3 Å². The van der Waals surface area contributed by atoms with Crippen LogP contribution in [0.5, 0.6) is 0 Å². The summed E-state index contributed by atoms with van der Waals surface area (Å²) in [7, 11) is 0. The number of ether oxygens (including phenoxy) is 2. The molecule has 1 aliphatic carbocycles. The Morgan fingerprint density at radius 1 is 1.24 bits per heavy atom. The molecule has 3 nitrogen and oxygen atoms in total. The topological polar surface area (TPSA) is 35.5 Å². The number of rotatable bonds is 4. The lowest BCUT2D eigenvalue weighted by Crippen LogP contribution is -2.50. The molecule has 0 amide bonds. The fourth-order valence-electron chi connectivity index (χ4n) is 4.36. The third-order valence-electron chi connectivity index (χ3n) is 6.21. The van der Waals surface area contributed by atoms with Crippen molar-refractivity contribution in [3.63, 3.8) is 0 Å². The number of fused-ring (bicyclic) bond motifs is 2. The molecule has 21 heavy (non-hydrogen) atoms. The largest absolute Gasteiger partial charge is 0.458 e. The van der Waals surface area contributed by atoms with E-state index in [-0.39, 0.29) is 17.0 Å². The molecule has 0 aromatic heterocycles. The van der Waals surface area contributed by atoms with Crippen LogP contribution in [0.4, 0.5) is 0 Å². The Labute approximate surface area is 128 Å². The molecule has 3 aliphatic rings. The third-order valence-corrected chi connectivity index (χ3v) is 6.21. The van der Waals surface area contributed by atoms with E-state index in [1.54, 1.807) is 0 Å². The lowest BCUT2D eigenvalue weighted by Gasteiger charge is -2.45. The Morgan fingerprint density at radius 3 is 2.48 bits per heavy atom. The smallest absolute Gasteiger partial charge is 0.312 e. The molecular formula is C18H30O3. The van der Waals surface area contributed by atoms with Gasteiger partial charge in [-0.2, -0.15) is 0 Å². The number of hydrogen-bond donors (Lipinski definition) is 0. The first-order valence-electron chi connectivity index (χ1n) is 8.86. The molecule has 0 radical (unpaired) electrons. The van der Waals surface area contributed by atoms with E-state index in [9.17, 15) is 4.79 Å². The van der Waals surface area contributed by atoms with Gasteiger partial charge in [0.2, 0.25) is 0 Å². The average molecular weight is 294 g/mol. The fourth-order valence-corrected chi connectivity index (χ4v) is 4.36. The van der Waals surface area contributed by atoms with Gasteiger partial charge in [-0.05, 0) is 65.2 Å². The van der Waals surface area contributed by atoms with Gasteiger partial charge in [0.1, 0.15) is 5.60 Å². The van der Waals surface area contributed by atoms with Crippen molar-refractivity contribution in [2.45, 2.75) is 96.4 Å². The van der Waals surface area contributed by atoms with Crippen LogP contribution in [0.3, 0.4) is 0 Å². The molecule has 3 heteroatoms. The molecule has 0 spiro atoms. The molecule has 3 atom stereocenters. The van der Waals surface area contributed by atoms with E-state index >= 15 is 0 Å². The molecule has 1 saturated carbocycles. The van der Waals surface area contributed by atoms with Crippen molar-refractivity contribution in [2.75, 3.05) is 0 Å². The van der Waals surface area contributed by atoms with E-state index in [1.807, 2.05) is 13.8 Å². The summed E-state index contributed by atoms with van der Waals surface area (Å²) in [6.45, 7) is 6.07. The molecule has 3 rings (SSSR count). The zero-order valence-corrected chi connectivity index (χ0v) is 13.8. The van der Waals surface area contributed by atoms with Gasteiger partial charge in [-0.25, -0.2) is 0 Å². The lowest BCUT2D eigenvalue weighted by atomic mass is 9.69. The highest BCUT2D eigenvalue weighted by Gasteiger charge is 2.54. The first-order chi connectivity index (χ1) is 9.97. The maximum Gasteiger partial charge on any atom is 0.312 e. The van der Waals surface area contributed by atoms with Crippen molar-refractivity contribution in [3.8, 4) is 0 Å². The van der Waals surface area contributed by atoms with E-state index in [1.165, 1.54) is 25.7 Å². The number of carbonyl (C=O) groups is 1. The molecular weight excluding hydrogens is 264 g/mol. The Morgan fingerprint density at radius 2 is 1.95 bits per heavy atom. The van der Waals surface area contributed by atoms with Gasteiger partial charge < -0.3 is 9.47 Å². The highest BCUT2D eigenvalue weighted by atomic mass is 16.6. The predicted molar refractivity (Wildman–Crippen MR) is 82.0 cm³/mol. The molecule has 120 valence electrons. The summed E-state index contributed by atoms with van der Waals surface area (Å²) in [6.07, 6.45) is 10.8. The molecule has 0 N–H and O–H groups in total. The summed E-state index contributed by atoms with van der Waals surface area (Å²) in [4.78, 5) is 12.7. The predicted octanol–water partition coefficient (Wildman–Crippen LogP) is 4.24. The van der Waals surface area contributed by atoms with Gasteiger partial charge in [0, 0.05) is 5.92 Å². The average Bonchev–Trinajstić information content (AvgIpc) is 3.11. The van der Waals surface area contributed by atoms with Crippen molar-refractivity contribution in [1.29, 1.82) is 0 Å². The fraction of sp³-hybridized carbons (Fsp3) is 0.944. The third kappa shape index (κ3) is 2.74. The SMILES string of the molecule is CCC(C)(C)C(=O)OC1(C2CC3CCC2O3)CCCCC1. The van der Waals surface area contributed by atoms with Crippen LogP contribution < -0.4 is 0 Å². The zero-order valence-electron chi connectivity index (χ0n) is 13.8. The van der Waals surface area contributed by atoms with Gasteiger partial charge in [0.15, 0.2) is 0 Å². The monoisotopic (exact) mass is 294 g/mol. The maximum absolute atomic E-state index is 12.7. The highest BCUT2D eigenvalue weighted by Crippen LogP contribution is 2.51. The molecule has 0 aromatic rings. The second-order valence-electron chi connectivity index (χ2n) is 7.97. The first kappa shape index (κ1) is 15.3. The van der Waals surface area contributed by atoms with Crippen molar-refractivity contribution in [2.24, 2.45) is 11.3 Å². The van der Waals surface area contributed by atoms with Gasteiger partial charge in [-0.3, -0.25) is 4.79 Å². The van der Waals surface area contributed by atoms with E-state index in [0.717, 1.165) is 32.1 Å². The number of hydrogen-bond acceptors (Lipinski definition) is 3. The Balaban J connectivity index is 1.79. The van der Waals surface area contributed by atoms with Gasteiger partial charge >= 0.3 is 5.97 Å². The second-order valence-corrected chi connectivity index (χ2v) is 7.97. The molecule has 0 aromatic carbocycles. The quantitative estimate of drug-likeness (QED) is 0.728. The number of carbonyl (C=O) groups excluding carboxylic acids is 1. The summed E-state index contributed by atoms with van der Waals surface area (Å²) in [5, 5.41) is 0. The molecule has 2 aliphatic heterocycles. The van der Waals surface area contributed by atoms with Crippen LogP contribution in [0, 0.1) is 11.3 Å². The minimum Gasteiger partial charge on any atom is -0.458 e. The Hall–Kier alpha value is -0.570. The van der Waals surface area contributed by atoms with Crippen molar-refractivity contribution in [1.82, 2.24) is 0 Å². The van der Waals surface area contributed by atoms with Gasteiger partial charge in [0.05, 0.1) is 17.6 Å². The van der Waals surface area contributed by atoms with Gasteiger partial charge in [-0.1, -0.05) is 13.3 Å². The highest BCUT2D eigenvalue weighted by molar-refractivity contribution is 5.76. The minimum atomic E-state index is -0.372. The van der Waals surface area contributed by atoms with Crippen LogP contribution in [0.2, 0.25) is 0 Å². The second kappa shape index (κ2) is 5.57. The van der Waals surface area contributed by atoms with Crippen molar-refractivity contribution in [3.05, 3.63) is 0 Å². The van der Waals surface area contributed by atoms with E-state index < -0.39 is 0 Å². The standard InChI is InChI=1S/C18H30O3/c1-4-17(2,3)16(19)21-18(10-6-5-7-11-18)14-12-13-8-9-15(14)20-13/h13-15H,4-12H2,1-3H3. The van der Waals surface area contributed by atoms with E-state index in [0.29, 0.717) is 18.1 Å². The van der Waals surface area contributed by atoms with E-state index in [4.69, 9.17) is 9.47 Å². The lowest BCUT2D eigenvalue weighted by molar-refractivity contribution is -0.185. The Bertz CT molecular complexity index is 395. The van der Waals surface area contributed by atoms with Crippen molar-refractivity contribution >= 4 is 5.97 Å². The summed E-state index contributed by atoms with van der Waals surface area (Å²) < 4.78 is 12.3. The van der Waals surface area contributed by atoms with Gasteiger partial charge in [0.25, 0.3) is 0 Å². The minimum absolute atomic E-state index is 0.00493.